The molecule has 0 aromatic heterocycles. The molecule has 0 atom stereocenters. The van der Waals surface area contributed by atoms with E-state index in [1.54, 1.807) is 0 Å². The van der Waals surface area contributed by atoms with E-state index in [0.717, 1.165) is 23.4 Å². The van der Waals surface area contributed by atoms with Gasteiger partial charge < -0.3 is 5.32 Å². The number of amides is 1. The van der Waals surface area contributed by atoms with E-state index in [2.05, 4.69) is 24.9 Å². The summed E-state index contributed by atoms with van der Waals surface area (Å²) in [4.78, 5) is 12.7. The summed E-state index contributed by atoms with van der Waals surface area (Å²) in [6.07, 6.45) is 12.1. The quantitative estimate of drug-likeness (QED) is 0.390. The zero-order valence-corrected chi connectivity index (χ0v) is 14.1. The lowest BCUT2D eigenvalue weighted by atomic mass is 10.1. The SMILES string of the molecule is CCCCCCCCCCCC(=O)Nc1ccc(S)cc1. The molecule has 0 unspecified atom stereocenters. The first-order valence-electron chi connectivity index (χ1n) is 8.31. The number of nitrogens with one attached hydrogen (secondary N) is 1. The summed E-state index contributed by atoms with van der Waals surface area (Å²) in [7, 11) is 0. The summed E-state index contributed by atoms with van der Waals surface area (Å²) in [5, 5.41) is 2.92. The minimum absolute atomic E-state index is 0.116. The van der Waals surface area contributed by atoms with Gasteiger partial charge in [0.15, 0.2) is 0 Å². The fourth-order valence-corrected chi connectivity index (χ4v) is 2.51. The number of carbonyl (C=O) groups is 1. The van der Waals surface area contributed by atoms with Gasteiger partial charge in [0.1, 0.15) is 0 Å². The largest absolute Gasteiger partial charge is 0.326 e. The van der Waals surface area contributed by atoms with Crippen LogP contribution >= 0.6 is 12.6 Å². The van der Waals surface area contributed by atoms with Crippen molar-refractivity contribution in [2.45, 2.75) is 76.0 Å². The summed E-state index contributed by atoms with van der Waals surface area (Å²) >= 11 is 4.23. The van der Waals surface area contributed by atoms with Crippen LogP contribution in [0, 0.1) is 0 Å². The Bertz CT molecular complexity index is 389. The maximum atomic E-state index is 11.8. The second-order valence-electron chi connectivity index (χ2n) is 5.67. The molecule has 0 aliphatic heterocycles. The van der Waals surface area contributed by atoms with Gasteiger partial charge in [0, 0.05) is 17.0 Å². The topological polar surface area (TPSA) is 29.1 Å². The molecule has 1 rings (SSSR count). The lowest BCUT2D eigenvalue weighted by molar-refractivity contribution is -0.116. The fourth-order valence-electron chi connectivity index (χ4n) is 2.36. The van der Waals surface area contributed by atoms with Gasteiger partial charge >= 0.3 is 0 Å². The van der Waals surface area contributed by atoms with Crippen LogP contribution < -0.4 is 5.32 Å². The summed E-state index contributed by atoms with van der Waals surface area (Å²) in [5.41, 5.74) is 0.855. The Hall–Kier alpha value is -0.960. The molecule has 1 amide bonds. The van der Waals surface area contributed by atoms with Gasteiger partial charge in [-0.05, 0) is 30.7 Å². The molecule has 0 aliphatic carbocycles. The van der Waals surface area contributed by atoms with E-state index in [4.69, 9.17) is 0 Å². The zero-order chi connectivity index (χ0) is 15.3. The molecule has 1 aromatic rings. The summed E-state index contributed by atoms with van der Waals surface area (Å²) in [5.74, 6) is 0.116. The number of hydrogen-bond donors (Lipinski definition) is 2. The molecule has 0 heterocycles. The number of unbranched alkanes of at least 4 members (excludes halogenated alkanes) is 8. The maximum absolute atomic E-state index is 11.8. The van der Waals surface area contributed by atoms with Crippen LogP contribution in [0.15, 0.2) is 29.2 Å². The number of rotatable bonds is 11. The van der Waals surface area contributed by atoms with Gasteiger partial charge in [-0.2, -0.15) is 0 Å². The number of carbonyl (C=O) groups excluding carboxylic acids is 1. The minimum atomic E-state index is 0.116. The first kappa shape index (κ1) is 18.1. The second kappa shape index (κ2) is 11.7. The van der Waals surface area contributed by atoms with Crippen molar-refractivity contribution in [1.29, 1.82) is 0 Å². The first-order chi connectivity index (χ1) is 10.2. The molecule has 0 saturated heterocycles. The summed E-state index contributed by atoms with van der Waals surface area (Å²) in [6, 6.07) is 7.54. The Labute approximate surface area is 135 Å². The van der Waals surface area contributed by atoms with Crippen LogP contribution in [0.25, 0.3) is 0 Å². The highest BCUT2D eigenvalue weighted by Crippen LogP contribution is 2.14. The van der Waals surface area contributed by atoms with Gasteiger partial charge in [0.2, 0.25) is 5.91 Å². The Morgan fingerprint density at radius 2 is 1.43 bits per heavy atom. The van der Waals surface area contributed by atoms with E-state index in [1.807, 2.05) is 24.3 Å². The van der Waals surface area contributed by atoms with Gasteiger partial charge in [-0.15, -0.1) is 12.6 Å². The van der Waals surface area contributed by atoms with E-state index in [-0.39, 0.29) is 5.91 Å². The number of anilines is 1. The smallest absolute Gasteiger partial charge is 0.224 e. The van der Waals surface area contributed by atoms with Crippen molar-refractivity contribution >= 4 is 24.2 Å². The van der Waals surface area contributed by atoms with Crippen LogP contribution in [0.5, 0.6) is 0 Å². The van der Waals surface area contributed by atoms with Crippen molar-refractivity contribution in [3.63, 3.8) is 0 Å². The van der Waals surface area contributed by atoms with Crippen LogP contribution in [-0.2, 0) is 4.79 Å². The highest BCUT2D eigenvalue weighted by molar-refractivity contribution is 7.80. The predicted molar refractivity (Wildman–Crippen MR) is 94.2 cm³/mol. The van der Waals surface area contributed by atoms with Gasteiger partial charge in [0.25, 0.3) is 0 Å². The molecule has 21 heavy (non-hydrogen) atoms. The second-order valence-corrected chi connectivity index (χ2v) is 6.19. The third kappa shape index (κ3) is 9.57. The lowest BCUT2D eigenvalue weighted by Crippen LogP contribution is -2.10. The number of benzene rings is 1. The van der Waals surface area contributed by atoms with Crippen molar-refractivity contribution in [3.05, 3.63) is 24.3 Å². The zero-order valence-electron chi connectivity index (χ0n) is 13.2. The molecule has 0 aliphatic rings. The lowest BCUT2D eigenvalue weighted by Gasteiger charge is -2.05. The molecule has 0 fully saturated rings. The molecule has 0 saturated carbocycles. The van der Waals surface area contributed by atoms with E-state index >= 15 is 0 Å². The molecule has 1 N–H and O–H groups in total. The standard InChI is InChI=1S/C18H29NOS/c1-2-3-4-5-6-7-8-9-10-11-18(20)19-16-12-14-17(21)15-13-16/h12-15,21H,2-11H2,1H3,(H,19,20). The van der Waals surface area contributed by atoms with E-state index in [9.17, 15) is 4.79 Å². The number of thiol groups is 1. The van der Waals surface area contributed by atoms with Crippen molar-refractivity contribution in [1.82, 2.24) is 0 Å². The van der Waals surface area contributed by atoms with Crippen LogP contribution in [0.1, 0.15) is 71.1 Å². The van der Waals surface area contributed by atoms with Crippen LogP contribution in [-0.4, -0.2) is 5.91 Å². The predicted octanol–water partition coefficient (Wildman–Crippen LogP) is 5.83. The highest BCUT2D eigenvalue weighted by Gasteiger charge is 2.02. The molecular weight excluding hydrogens is 278 g/mol. The van der Waals surface area contributed by atoms with Crippen LogP contribution in [0.3, 0.4) is 0 Å². The molecule has 118 valence electrons. The Morgan fingerprint density at radius 1 is 0.905 bits per heavy atom. The Morgan fingerprint density at radius 3 is 2.00 bits per heavy atom. The molecule has 0 bridgehead atoms. The normalized spacial score (nSPS) is 10.6. The average Bonchev–Trinajstić information content (AvgIpc) is 2.48. The van der Waals surface area contributed by atoms with Crippen LogP contribution in [0.4, 0.5) is 5.69 Å². The van der Waals surface area contributed by atoms with Crippen molar-refractivity contribution in [2.24, 2.45) is 0 Å². The Balaban J connectivity index is 1.97. The van der Waals surface area contributed by atoms with E-state index in [0.29, 0.717) is 6.42 Å². The van der Waals surface area contributed by atoms with Crippen molar-refractivity contribution in [2.75, 3.05) is 5.32 Å². The fraction of sp³-hybridized carbons (Fsp3) is 0.611. The van der Waals surface area contributed by atoms with Crippen LogP contribution in [0.2, 0.25) is 0 Å². The van der Waals surface area contributed by atoms with Gasteiger partial charge in [-0.1, -0.05) is 58.3 Å². The van der Waals surface area contributed by atoms with Gasteiger partial charge in [0.05, 0.1) is 0 Å². The molecular formula is C18H29NOS. The summed E-state index contributed by atoms with van der Waals surface area (Å²) < 4.78 is 0. The minimum Gasteiger partial charge on any atom is -0.326 e. The highest BCUT2D eigenvalue weighted by atomic mass is 32.1. The third-order valence-electron chi connectivity index (χ3n) is 3.66. The maximum Gasteiger partial charge on any atom is 0.224 e. The first-order valence-corrected chi connectivity index (χ1v) is 8.76. The molecule has 1 aromatic carbocycles. The third-order valence-corrected chi connectivity index (χ3v) is 3.96. The molecule has 3 heteroatoms. The molecule has 0 radical (unpaired) electrons. The summed E-state index contributed by atoms with van der Waals surface area (Å²) in [6.45, 7) is 2.25. The molecule has 2 nitrogen and oxygen atoms in total. The average molecular weight is 308 g/mol. The van der Waals surface area contributed by atoms with Gasteiger partial charge in [-0.25, -0.2) is 0 Å². The monoisotopic (exact) mass is 307 g/mol. The van der Waals surface area contributed by atoms with Crippen molar-refractivity contribution < 1.29 is 4.79 Å². The van der Waals surface area contributed by atoms with Crippen molar-refractivity contribution in [3.8, 4) is 0 Å². The van der Waals surface area contributed by atoms with E-state index in [1.165, 1.54) is 44.9 Å². The molecule has 0 spiro atoms. The number of hydrogen-bond acceptors (Lipinski definition) is 2. The Kier molecular flexibility index (Phi) is 10.1. The van der Waals surface area contributed by atoms with E-state index < -0.39 is 0 Å². The van der Waals surface area contributed by atoms with Gasteiger partial charge in [-0.3, -0.25) is 4.79 Å².